The van der Waals surface area contributed by atoms with E-state index in [9.17, 15) is 8.42 Å². The molecule has 2 aromatic rings. The van der Waals surface area contributed by atoms with Crippen LogP contribution in [0.15, 0.2) is 64.5 Å². The summed E-state index contributed by atoms with van der Waals surface area (Å²) in [5, 5.41) is 6.85. The van der Waals surface area contributed by atoms with Gasteiger partial charge in [0.2, 0.25) is 10.0 Å². The first kappa shape index (κ1) is 25.6. The Labute approximate surface area is 203 Å². The molecule has 6 nitrogen and oxygen atoms in total. The molecule has 1 aliphatic rings. The van der Waals surface area contributed by atoms with Crippen LogP contribution >= 0.6 is 24.0 Å². The number of nitrogens with one attached hydrogen (secondary N) is 3. The van der Waals surface area contributed by atoms with E-state index in [1.807, 2.05) is 13.0 Å². The van der Waals surface area contributed by atoms with Gasteiger partial charge in [0.05, 0.1) is 11.4 Å². The predicted octanol–water partition coefficient (Wildman–Crippen LogP) is 3.78. The molecule has 1 saturated carbocycles. The first-order valence-electron chi connectivity index (χ1n) is 10.6. The van der Waals surface area contributed by atoms with Crippen molar-refractivity contribution in [2.75, 3.05) is 20.1 Å². The maximum atomic E-state index is 12.0. The molecule has 170 valence electrons. The van der Waals surface area contributed by atoms with E-state index in [1.165, 1.54) is 38.3 Å². The van der Waals surface area contributed by atoms with Crippen LogP contribution in [0, 0.1) is 0 Å². The average molecular weight is 557 g/mol. The van der Waals surface area contributed by atoms with Crippen molar-refractivity contribution in [3.8, 4) is 0 Å². The molecule has 1 aliphatic carbocycles. The highest BCUT2D eigenvalue weighted by Gasteiger charge is 2.35. The molecule has 0 radical (unpaired) electrons. The summed E-state index contributed by atoms with van der Waals surface area (Å²) in [7, 11) is -2.04. The Morgan fingerprint density at radius 2 is 1.74 bits per heavy atom. The van der Waals surface area contributed by atoms with Gasteiger partial charge in [0.1, 0.15) is 0 Å². The molecule has 0 aromatic heterocycles. The zero-order chi connectivity index (χ0) is 21.5. The van der Waals surface area contributed by atoms with Gasteiger partial charge >= 0.3 is 0 Å². The first-order valence-corrected chi connectivity index (χ1v) is 12.1. The summed E-state index contributed by atoms with van der Waals surface area (Å²) in [5.74, 6) is 0.751. The van der Waals surface area contributed by atoms with Crippen LogP contribution in [-0.2, 0) is 22.0 Å². The highest BCUT2D eigenvalue weighted by molar-refractivity contribution is 14.0. The van der Waals surface area contributed by atoms with Gasteiger partial charge in [-0.1, -0.05) is 55.3 Å². The van der Waals surface area contributed by atoms with E-state index >= 15 is 0 Å². The van der Waals surface area contributed by atoms with Gasteiger partial charge in [0.15, 0.2) is 5.96 Å². The molecule has 3 N–H and O–H groups in total. The maximum absolute atomic E-state index is 12.0. The van der Waals surface area contributed by atoms with Crippen molar-refractivity contribution in [3.05, 3.63) is 65.7 Å². The van der Waals surface area contributed by atoms with Gasteiger partial charge in [0.25, 0.3) is 0 Å². The summed E-state index contributed by atoms with van der Waals surface area (Å²) in [6, 6.07) is 17.6. The van der Waals surface area contributed by atoms with E-state index in [-0.39, 0.29) is 34.3 Å². The van der Waals surface area contributed by atoms with E-state index in [1.54, 1.807) is 18.2 Å². The lowest BCUT2D eigenvalue weighted by atomic mass is 9.79. The molecule has 0 heterocycles. The second-order valence-corrected chi connectivity index (χ2v) is 9.64. The number of hydrogen-bond acceptors (Lipinski definition) is 3. The van der Waals surface area contributed by atoms with Crippen molar-refractivity contribution < 1.29 is 8.42 Å². The minimum Gasteiger partial charge on any atom is -0.357 e. The van der Waals surface area contributed by atoms with Crippen LogP contribution in [0.2, 0.25) is 0 Å². The van der Waals surface area contributed by atoms with Gasteiger partial charge in [0, 0.05) is 18.5 Å². The van der Waals surface area contributed by atoms with Gasteiger partial charge < -0.3 is 10.6 Å². The summed E-state index contributed by atoms with van der Waals surface area (Å²) < 4.78 is 26.4. The van der Waals surface area contributed by atoms with Gasteiger partial charge in [-0.05, 0) is 50.1 Å². The monoisotopic (exact) mass is 556 g/mol. The highest BCUT2D eigenvalue weighted by Crippen LogP contribution is 2.40. The summed E-state index contributed by atoms with van der Waals surface area (Å²) in [6.07, 6.45) is 4.84. The Hall–Kier alpha value is -1.65. The number of halogens is 1. The SMILES string of the molecule is CCNC(=NCc1cccc(S(=O)(=O)NC)c1)NCC1(c2ccccc2)CCCC1.I. The summed E-state index contributed by atoms with van der Waals surface area (Å²) in [5.41, 5.74) is 2.37. The second-order valence-electron chi connectivity index (χ2n) is 7.76. The quantitative estimate of drug-likeness (QED) is 0.263. The predicted molar refractivity (Wildman–Crippen MR) is 138 cm³/mol. The average Bonchev–Trinajstić information content (AvgIpc) is 3.27. The van der Waals surface area contributed by atoms with Gasteiger partial charge in [-0.3, -0.25) is 0 Å². The number of benzene rings is 2. The zero-order valence-electron chi connectivity index (χ0n) is 18.2. The number of hydrogen-bond donors (Lipinski definition) is 3. The molecule has 8 heteroatoms. The molecule has 1 fully saturated rings. The second kappa shape index (κ2) is 11.8. The lowest BCUT2D eigenvalue weighted by molar-refractivity contribution is 0.431. The third-order valence-corrected chi connectivity index (χ3v) is 7.19. The molecule has 0 unspecified atom stereocenters. The molecule has 3 rings (SSSR count). The molecule has 0 amide bonds. The van der Waals surface area contributed by atoms with Crippen molar-refractivity contribution in [1.82, 2.24) is 15.4 Å². The molecule has 0 aliphatic heterocycles. The van der Waals surface area contributed by atoms with Gasteiger partial charge in [-0.15, -0.1) is 24.0 Å². The molecule has 0 spiro atoms. The van der Waals surface area contributed by atoms with Crippen LogP contribution < -0.4 is 15.4 Å². The Kier molecular flexibility index (Phi) is 9.77. The van der Waals surface area contributed by atoms with Crippen molar-refractivity contribution in [2.45, 2.75) is 49.5 Å². The summed E-state index contributed by atoms with van der Waals surface area (Å²) >= 11 is 0. The van der Waals surface area contributed by atoms with E-state index < -0.39 is 10.0 Å². The smallest absolute Gasteiger partial charge is 0.240 e. The Bertz CT molecular complexity index is 959. The third kappa shape index (κ3) is 6.66. The van der Waals surface area contributed by atoms with Crippen LogP contribution in [0.25, 0.3) is 0 Å². The molecule has 0 atom stereocenters. The molecule has 0 bridgehead atoms. The van der Waals surface area contributed by atoms with Crippen LogP contribution in [0.3, 0.4) is 0 Å². The molecule has 31 heavy (non-hydrogen) atoms. The normalized spacial score (nSPS) is 15.9. The number of nitrogens with zero attached hydrogens (tertiary/aromatic N) is 1. The molecular weight excluding hydrogens is 523 g/mol. The Morgan fingerprint density at radius 1 is 1.03 bits per heavy atom. The number of aliphatic imine (C=N–C) groups is 1. The van der Waals surface area contributed by atoms with Crippen molar-refractivity contribution in [1.29, 1.82) is 0 Å². The van der Waals surface area contributed by atoms with Gasteiger partial charge in [-0.25, -0.2) is 18.1 Å². The number of guanidine groups is 1. The minimum absolute atomic E-state index is 0. The summed E-state index contributed by atoms with van der Waals surface area (Å²) in [6.45, 7) is 4.04. The van der Waals surface area contributed by atoms with Crippen molar-refractivity contribution in [3.63, 3.8) is 0 Å². The fraction of sp³-hybridized carbons (Fsp3) is 0.435. The van der Waals surface area contributed by atoms with Crippen LogP contribution in [0.4, 0.5) is 0 Å². The molecule has 2 aromatic carbocycles. The van der Waals surface area contributed by atoms with Gasteiger partial charge in [-0.2, -0.15) is 0 Å². The number of rotatable bonds is 8. The maximum Gasteiger partial charge on any atom is 0.240 e. The third-order valence-electron chi connectivity index (χ3n) is 5.78. The summed E-state index contributed by atoms with van der Waals surface area (Å²) in [4.78, 5) is 4.95. The largest absolute Gasteiger partial charge is 0.357 e. The lowest BCUT2D eigenvalue weighted by Gasteiger charge is -2.30. The van der Waals surface area contributed by atoms with Crippen LogP contribution in [-0.4, -0.2) is 34.5 Å². The standard InChI is InChI=1S/C23H32N4O2S.HI/c1-3-25-22(26-17-19-10-9-13-21(16-19)30(28,29)24-2)27-18-23(14-7-8-15-23)20-11-5-4-6-12-20;/h4-6,9-13,16,24H,3,7-8,14-15,17-18H2,1-2H3,(H2,25,26,27);1H. The topological polar surface area (TPSA) is 82.6 Å². The Balaban J connectivity index is 0.00000341. The van der Waals surface area contributed by atoms with E-state index in [0.717, 1.165) is 24.6 Å². The minimum atomic E-state index is -3.46. The fourth-order valence-corrected chi connectivity index (χ4v) is 4.90. The molecule has 0 saturated heterocycles. The first-order chi connectivity index (χ1) is 14.5. The zero-order valence-corrected chi connectivity index (χ0v) is 21.4. The molecular formula is C23H33IN4O2S. The number of sulfonamides is 1. The van der Waals surface area contributed by atoms with E-state index in [0.29, 0.717) is 6.54 Å². The highest BCUT2D eigenvalue weighted by atomic mass is 127. The van der Waals surface area contributed by atoms with Crippen LogP contribution in [0.5, 0.6) is 0 Å². The Morgan fingerprint density at radius 3 is 2.39 bits per heavy atom. The lowest BCUT2D eigenvalue weighted by Crippen LogP contribution is -2.44. The van der Waals surface area contributed by atoms with Crippen LogP contribution in [0.1, 0.15) is 43.7 Å². The van der Waals surface area contributed by atoms with E-state index in [2.05, 4.69) is 45.7 Å². The van der Waals surface area contributed by atoms with E-state index in [4.69, 9.17) is 4.99 Å². The van der Waals surface area contributed by atoms with Crippen molar-refractivity contribution in [2.24, 2.45) is 4.99 Å². The van der Waals surface area contributed by atoms with Crippen molar-refractivity contribution >= 4 is 40.0 Å². The fourth-order valence-electron chi connectivity index (χ4n) is 4.10.